The summed E-state index contributed by atoms with van der Waals surface area (Å²) in [6, 6.07) is 17.9. The Kier molecular flexibility index (Phi) is 8.18. The molecule has 0 aromatic heterocycles. The maximum Gasteiger partial charge on any atom is 0.328 e. The van der Waals surface area contributed by atoms with Crippen LogP contribution in [0.5, 0.6) is 5.75 Å². The molecule has 0 aliphatic heterocycles. The van der Waals surface area contributed by atoms with Crippen molar-refractivity contribution in [2.75, 3.05) is 6.54 Å². The third-order valence-electron chi connectivity index (χ3n) is 5.20. The van der Waals surface area contributed by atoms with Crippen molar-refractivity contribution in [1.29, 1.82) is 0 Å². The molecule has 0 saturated heterocycles. The van der Waals surface area contributed by atoms with Gasteiger partial charge in [-0.2, -0.15) is 0 Å². The molecule has 0 aliphatic rings. The van der Waals surface area contributed by atoms with Crippen LogP contribution in [0.25, 0.3) is 0 Å². The fraction of sp³-hybridized carbons (Fsp3) is 0.154. The molecule has 0 bridgehead atoms. The molecule has 0 aliphatic carbocycles. The van der Waals surface area contributed by atoms with E-state index in [0.717, 1.165) is 5.56 Å². The number of carboxylic acids is 1. The molecule has 3 amide bonds. The van der Waals surface area contributed by atoms with Gasteiger partial charge < -0.3 is 26.2 Å². The van der Waals surface area contributed by atoms with E-state index in [1.807, 2.05) is 0 Å². The van der Waals surface area contributed by atoms with Crippen molar-refractivity contribution in [3.05, 3.63) is 101 Å². The first-order chi connectivity index (χ1) is 16.7. The molecule has 0 saturated carbocycles. The number of aliphatic carboxylic acids is 1. The zero-order valence-corrected chi connectivity index (χ0v) is 18.9. The van der Waals surface area contributed by atoms with Crippen LogP contribution in [0.2, 0.25) is 0 Å². The third-order valence-corrected chi connectivity index (χ3v) is 5.20. The quantitative estimate of drug-likeness (QED) is 0.321. The van der Waals surface area contributed by atoms with Crippen molar-refractivity contribution >= 4 is 23.7 Å². The monoisotopic (exact) mass is 475 g/mol. The minimum absolute atomic E-state index is 0.0993. The van der Waals surface area contributed by atoms with Gasteiger partial charge >= 0.3 is 5.97 Å². The Morgan fingerprint density at radius 2 is 1.51 bits per heavy atom. The Morgan fingerprint density at radius 1 is 0.800 bits per heavy atom. The Labute approximate surface area is 201 Å². The Balaban J connectivity index is 1.60. The number of carbonyl (C=O) groups is 4. The summed E-state index contributed by atoms with van der Waals surface area (Å²) in [6.45, 7) is 1.54. The average Bonchev–Trinajstić information content (AvgIpc) is 2.85. The second-order valence-electron chi connectivity index (χ2n) is 7.82. The molecule has 0 unspecified atom stereocenters. The number of aromatic hydroxyl groups is 1. The van der Waals surface area contributed by atoms with E-state index in [1.165, 1.54) is 24.3 Å². The first-order valence-corrected chi connectivity index (χ1v) is 10.8. The highest BCUT2D eigenvalue weighted by Gasteiger charge is 2.23. The number of benzene rings is 3. The van der Waals surface area contributed by atoms with Gasteiger partial charge in [-0.1, -0.05) is 30.3 Å². The smallest absolute Gasteiger partial charge is 0.328 e. The Bertz CT molecular complexity index is 1240. The molecular formula is C26H25N3O6. The van der Waals surface area contributed by atoms with E-state index in [2.05, 4.69) is 16.0 Å². The van der Waals surface area contributed by atoms with Gasteiger partial charge in [-0.3, -0.25) is 14.4 Å². The Morgan fingerprint density at radius 3 is 2.17 bits per heavy atom. The van der Waals surface area contributed by atoms with E-state index in [4.69, 9.17) is 0 Å². The molecule has 0 spiro atoms. The van der Waals surface area contributed by atoms with Crippen molar-refractivity contribution < 1.29 is 29.4 Å². The van der Waals surface area contributed by atoms with Crippen LogP contribution in [0.3, 0.4) is 0 Å². The largest absolute Gasteiger partial charge is 0.508 e. The predicted molar refractivity (Wildman–Crippen MR) is 128 cm³/mol. The molecule has 3 aromatic carbocycles. The summed E-state index contributed by atoms with van der Waals surface area (Å²) in [5.41, 5.74) is 2.10. The summed E-state index contributed by atoms with van der Waals surface area (Å²) < 4.78 is 0. The first-order valence-electron chi connectivity index (χ1n) is 10.8. The van der Waals surface area contributed by atoms with Crippen LogP contribution in [0.4, 0.5) is 0 Å². The van der Waals surface area contributed by atoms with E-state index in [1.54, 1.807) is 55.5 Å². The van der Waals surface area contributed by atoms with Crippen molar-refractivity contribution in [1.82, 2.24) is 16.0 Å². The van der Waals surface area contributed by atoms with Crippen LogP contribution < -0.4 is 16.0 Å². The van der Waals surface area contributed by atoms with Crippen LogP contribution in [-0.2, 0) is 11.3 Å². The number of phenolic OH excluding ortho intramolecular Hbond substituents is 1. The maximum absolute atomic E-state index is 12.7. The lowest BCUT2D eigenvalue weighted by molar-refractivity contribution is -0.139. The Hall–Kier alpha value is -4.66. The van der Waals surface area contributed by atoms with E-state index in [0.29, 0.717) is 16.7 Å². The van der Waals surface area contributed by atoms with Gasteiger partial charge in [0.1, 0.15) is 11.8 Å². The van der Waals surface area contributed by atoms with Crippen molar-refractivity contribution in [2.45, 2.75) is 19.5 Å². The molecule has 0 heterocycles. The van der Waals surface area contributed by atoms with E-state index in [9.17, 15) is 29.4 Å². The number of hydrogen-bond acceptors (Lipinski definition) is 5. The van der Waals surface area contributed by atoms with Crippen LogP contribution in [-0.4, -0.2) is 46.5 Å². The van der Waals surface area contributed by atoms with Crippen molar-refractivity contribution in [3.8, 4) is 5.75 Å². The maximum atomic E-state index is 12.7. The molecule has 0 radical (unpaired) electrons. The van der Waals surface area contributed by atoms with Crippen LogP contribution >= 0.6 is 0 Å². The molecule has 180 valence electrons. The first kappa shape index (κ1) is 25.0. The summed E-state index contributed by atoms with van der Waals surface area (Å²) in [6.07, 6.45) is 0. The normalized spacial score (nSPS) is 11.2. The van der Waals surface area contributed by atoms with Gasteiger partial charge in [0, 0.05) is 29.8 Å². The van der Waals surface area contributed by atoms with Gasteiger partial charge in [-0.15, -0.1) is 0 Å². The standard InChI is InChI=1S/C26H25N3O6/c1-16-12-19(24(32)27-14-17-6-5-9-20(30)13-17)10-11-21(16)25(33)29-22(26(34)35)15-28-23(31)18-7-3-2-4-8-18/h2-13,22,30H,14-15H2,1H3,(H,27,32)(H,28,31)(H,29,33)(H,34,35)/t22-/m0/s1. The molecule has 0 fully saturated rings. The van der Waals surface area contributed by atoms with Gasteiger partial charge in [0.2, 0.25) is 0 Å². The number of phenols is 1. The number of hydrogen-bond donors (Lipinski definition) is 5. The number of rotatable bonds is 9. The van der Waals surface area contributed by atoms with Gasteiger partial charge in [-0.25, -0.2) is 4.79 Å². The molecule has 35 heavy (non-hydrogen) atoms. The lowest BCUT2D eigenvalue weighted by atomic mass is 10.0. The minimum atomic E-state index is -1.35. The fourth-order valence-corrected chi connectivity index (χ4v) is 3.33. The topological polar surface area (TPSA) is 145 Å². The number of aryl methyl sites for hydroxylation is 1. The molecule has 3 rings (SSSR count). The number of amides is 3. The number of nitrogens with one attached hydrogen (secondary N) is 3. The lowest BCUT2D eigenvalue weighted by Gasteiger charge is -2.16. The zero-order chi connectivity index (χ0) is 25.4. The summed E-state index contributed by atoms with van der Waals surface area (Å²) >= 11 is 0. The molecule has 9 nitrogen and oxygen atoms in total. The number of carboxylic acid groups (broad SMARTS) is 1. The zero-order valence-electron chi connectivity index (χ0n) is 18.9. The van der Waals surface area contributed by atoms with E-state index in [-0.39, 0.29) is 30.3 Å². The van der Waals surface area contributed by atoms with Crippen LogP contribution in [0.1, 0.15) is 42.2 Å². The van der Waals surface area contributed by atoms with E-state index >= 15 is 0 Å². The minimum Gasteiger partial charge on any atom is -0.508 e. The van der Waals surface area contributed by atoms with Gasteiger partial charge in [0.15, 0.2) is 0 Å². The van der Waals surface area contributed by atoms with Crippen LogP contribution in [0.15, 0.2) is 72.8 Å². The highest BCUT2D eigenvalue weighted by molar-refractivity contribution is 6.00. The molecule has 3 aromatic rings. The van der Waals surface area contributed by atoms with Gasteiger partial charge in [0.25, 0.3) is 17.7 Å². The van der Waals surface area contributed by atoms with Gasteiger partial charge in [-0.05, 0) is 60.5 Å². The van der Waals surface area contributed by atoms with E-state index < -0.39 is 23.8 Å². The fourth-order valence-electron chi connectivity index (χ4n) is 3.33. The summed E-state index contributed by atoms with van der Waals surface area (Å²) in [5.74, 6) is -2.66. The molecule has 9 heteroatoms. The van der Waals surface area contributed by atoms with Crippen molar-refractivity contribution in [2.24, 2.45) is 0 Å². The van der Waals surface area contributed by atoms with Crippen LogP contribution in [0, 0.1) is 6.92 Å². The highest BCUT2D eigenvalue weighted by atomic mass is 16.4. The second-order valence-corrected chi connectivity index (χ2v) is 7.82. The SMILES string of the molecule is Cc1cc(C(=O)NCc2cccc(O)c2)ccc1C(=O)N[C@@H](CNC(=O)c1ccccc1)C(=O)O. The predicted octanol–water partition coefficient (Wildman–Crippen LogP) is 2.24. The average molecular weight is 476 g/mol. The van der Waals surface area contributed by atoms with Crippen molar-refractivity contribution in [3.63, 3.8) is 0 Å². The van der Waals surface area contributed by atoms with Gasteiger partial charge in [0.05, 0.1) is 0 Å². The lowest BCUT2D eigenvalue weighted by Crippen LogP contribution is -2.48. The molecule has 1 atom stereocenters. The summed E-state index contributed by atoms with van der Waals surface area (Å²) in [4.78, 5) is 49.0. The summed E-state index contributed by atoms with van der Waals surface area (Å²) in [7, 11) is 0. The molecule has 5 N–H and O–H groups in total. The number of carbonyl (C=O) groups excluding carboxylic acids is 3. The second kappa shape index (κ2) is 11.5. The summed E-state index contributed by atoms with van der Waals surface area (Å²) in [5, 5.41) is 26.6. The third kappa shape index (κ3) is 6.91. The molecular weight excluding hydrogens is 450 g/mol. The highest BCUT2D eigenvalue weighted by Crippen LogP contribution is 2.13.